The van der Waals surface area contributed by atoms with E-state index in [9.17, 15) is 4.79 Å². The molecule has 0 unspecified atom stereocenters. The zero-order chi connectivity index (χ0) is 20.8. The molecular weight excluding hydrogens is 366 g/mol. The van der Waals surface area contributed by atoms with Crippen LogP contribution in [0.4, 0.5) is 28.8 Å². The summed E-state index contributed by atoms with van der Waals surface area (Å²) in [6, 6.07) is 16.5. The van der Waals surface area contributed by atoms with Crippen molar-refractivity contribution in [1.82, 2.24) is 9.97 Å². The number of aromatic nitrogens is 2. The first-order valence-corrected chi connectivity index (χ1v) is 9.56. The third-order valence-electron chi connectivity index (χ3n) is 4.51. The largest absolute Gasteiger partial charge is 0.478 e. The van der Waals surface area contributed by atoms with Crippen LogP contribution < -0.4 is 15.5 Å². The average Bonchev–Trinajstić information content (AvgIpc) is 2.70. The van der Waals surface area contributed by atoms with Gasteiger partial charge in [0.15, 0.2) is 0 Å². The lowest BCUT2D eigenvalue weighted by Gasteiger charge is -2.21. The van der Waals surface area contributed by atoms with Crippen molar-refractivity contribution in [3.8, 4) is 0 Å². The number of benzene rings is 2. The van der Waals surface area contributed by atoms with Gasteiger partial charge >= 0.3 is 5.97 Å². The predicted octanol–water partition coefficient (Wildman–Crippen LogP) is 4.82. The Balaban J connectivity index is 1.74. The Morgan fingerprint density at radius 1 is 0.931 bits per heavy atom. The summed E-state index contributed by atoms with van der Waals surface area (Å²) in [6.07, 6.45) is 0. The van der Waals surface area contributed by atoms with Gasteiger partial charge in [0.05, 0.1) is 5.56 Å². The van der Waals surface area contributed by atoms with Crippen molar-refractivity contribution in [2.75, 3.05) is 28.6 Å². The molecule has 1 heterocycles. The average molecular weight is 391 g/mol. The van der Waals surface area contributed by atoms with Gasteiger partial charge in [-0.1, -0.05) is 0 Å². The highest BCUT2D eigenvalue weighted by atomic mass is 16.4. The van der Waals surface area contributed by atoms with Crippen LogP contribution >= 0.6 is 0 Å². The van der Waals surface area contributed by atoms with Crippen LogP contribution in [0.2, 0.25) is 0 Å². The van der Waals surface area contributed by atoms with Gasteiger partial charge in [-0.15, -0.1) is 0 Å². The van der Waals surface area contributed by atoms with Crippen LogP contribution in [0.5, 0.6) is 0 Å². The number of anilines is 5. The van der Waals surface area contributed by atoms with Crippen LogP contribution in [-0.2, 0) is 0 Å². The van der Waals surface area contributed by atoms with Gasteiger partial charge in [0.1, 0.15) is 5.82 Å². The molecule has 3 rings (SSSR count). The van der Waals surface area contributed by atoms with E-state index in [0.29, 0.717) is 11.8 Å². The number of aromatic carboxylic acids is 1. The fraction of sp³-hybridized carbons (Fsp3) is 0.227. The van der Waals surface area contributed by atoms with Crippen molar-refractivity contribution in [2.24, 2.45) is 0 Å². The van der Waals surface area contributed by atoms with E-state index in [-0.39, 0.29) is 5.56 Å². The number of nitrogens with one attached hydrogen (secondary N) is 2. The topological polar surface area (TPSA) is 90.4 Å². The van der Waals surface area contributed by atoms with Crippen molar-refractivity contribution in [3.05, 3.63) is 65.9 Å². The second kappa shape index (κ2) is 9.05. The molecule has 0 saturated carbocycles. The maximum atomic E-state index is 11.0. The van der Waals surface area contributed by atoms with Crippen molar-refractivity contribution in [2.45, 2.75) is 20.8 Å². The minimum Gasteiger partial charge on any atom is -0.478 e. The lowest BCUT2D eigenvalue weighted by molar-refractivity contribution is 0.0697. The third-order valence-corrected chi connectivity index (χ3v) is 4.51. The van der Waals surface area contributed by atoms with Crippen molar-refractivity contribution in [1.29, 1.82) is 0 Å². The summed E-state index contributed by atoms with van der Waals surface area (Å²) in [4.78, 5) is 22.2. The first-order chi connectivity index (χ1) is 14.0. The fourth-order valence-electron chi connectivity index (χ4n) is 3.01. The molecule has 0 saturated heterocycles. The van der Waals surface area contributed by atoms with Crippen LogP contribution in [0.25, 0.3) is 0 Å². The van der Waals surface area contributed by atoms with E-state index < -0.39 is 5.97 Å². The highest BCUT2D eigenvalue weighted by molar-refractivity contribution is 5.88. The summed E-state index contributed by atoms with van der Waals surface area (Å²) in [5, 5.41) is 15.4. The lowest BCUT2D eigenvalue weighted by Crippen LogP contribution is -2.21. The molecule has 0 bridgehead atoms. The van der Waals surface area contributed by atoms with Gasteiger partial charge < -0.3 is 20.6 Å². The molecule has 0 aliphatic rings. The molecule has 2 aromatic carbocycles. The van der Waals surface area contributed by atoms with E-state index in [0.717, 1.165) is 30.2 Å². The van der Waals surface area contributed by atoms with Crippen LogP contribution in [-0.4, -0.2) is 34.1 Å². The summed E-state index contributed by atoms with van der Waals surface area (Å²) in [5.41, 5.74) is 3.89. The molecule has 0 atom stereocenters. The molecule has 29 heavy (non-hydrogen) atoms. The molecular formula is C22H25N5O2. The van der Waals surface area contributed by atoms with E-state index in [1.165, 1.54) is 5.69 Å². The Morgan fingerprint density at radius 3 is 2.10 bits per heavy atom. The Bertz CT molecular complexity index is 967. The second-order valence-corrected chi connectivity index (χ2v) is 6.57. The minimum atomic E-state index is -0.951. The van der Waals surface area contributed by atoms with E-state index in [4.69, 9.17) is 5.11 Å². The summed E-state index contributed by atoms with van der Waals surface area (Å²) in [5.74, 6) is 0.168. The van der Waals surface area contributed by atoms with Crippen LogP contribution in [0.15, 0.2) is 54.6 Å². The zero-order valence-corrected chi connectivity index (χ0v) is 16.8. The van der Waals surface area contributed by atoms with Gasteiger partial charge in [-0.2, -0.15) is 4.98 Å². The van der Waals surface area contributed by atoms with Gasteiger partial charge in [-0.05, 0) is 69.3 Å². The third kappa shape index (κ3) is 5.22. The Labute approximate surface area is 170 Å². The maximum Gasteiger partial charge on any atom is 0.335 e. The van der Waals surface area contributed by atoms with E-state index in [1.807, 2.05) is 25.1 Å². The van der Waals surface area contributed by atoms with Crippen LogP contribution in [0, 0.1) is 6.92 Å². The summed E-state index contributed by atoms with van der Waals surface area (Å²) in [7, 11) is 0. The van der Waals surface area contributed by atoms with Crippen molar-refractivity contribution < 1.29 is 9.90 Å². The highest BCUT2D eigenvalue weighted by Crippen LogP contribution is 2.22. The molecule has 0 amide bonds. The monoisotopic (exact) mass is 391 g/mol. The number of hydrogen-bond donors (Lipinski definition) is 3. The first-order valence-electron chi connectivity index (χ1n) is 9.56. The molecule has 0 aliphatic heterocycles. The van der Waals surface area contributed by atoms with E-state index in [2.05, 4.69) is 51.5 Å². The lowest BCUT2D eigenvalue weighted by atomic mass is 10.2. The summed E-state index contributed by atoms with van der Waals surface area (Å²) < 4.78 is 0. The van der Waals surface area contributed by atoms with Crippen LogP contribution in [0.3, 0.4) is 0 Å². The predicted molar refractivity (Wildman–Crippen MR) is 117 cm³/mol. The molecule has 3 N–H and O–H groups in total. The van der Waals surface area contributed by atoms with Crippen molar-refractivity contribution in [3.63, 3.8) is 0 Å². The Kier molecular flexibility index (Phi) is 6.29. The molecule has 0 aliphatic carbocycles. The maximum absolute atomic E-state index is 11.0. The number of hydrogen-bond acceptors (Lipinski definition) is 6. The first kappa shape index (κ1) is 20.1. The molecule has 0 radical (unpaired) electrons. The van der Waals surface area contributed by atoms with Crippen molar-refractivity contribution >= 4 is 34.8 Å². The van der Waals surface area contributed by atoms with Gasteiger partial charge in [-0.25, -0.2) is 9.78 Å². The molecule has 3 aromatic rings. The quantitative estimate of drug-likeness (QED) is 0.507. The number of aryl methyl sites for hydroxylation is 1. The second-order valence-electron chi connectivity index (χ2n) is 6.57. The molecule has 7 nitrogen and oxygen atoms in total. The number of nitrogens with zero attached hydrogens (tertiary/aromatic N) is 3. The van der Waals surface area contributed by atoms with Gasteiger partial charge in [0.2, 0.25) is 5.95 Å². The Morgan fingerprint density at radius 2 is 1.52 bits per heavy atom. The molecule has 0 fully saturated rings. The smallest absolute Gasteiger partial charge is 0.335 e. The Hall–Kier alpha value is -3.61. The van der Waals surface area contributed by atoms with Gasteiger partial charge in [0, 0.05) is 41.9 Å². The van der Waals surface area contributed by atoms with Gasteiger partial charge in [-0.3, -0.25) is 0 Å². The normalized spacial score (nSPS) is 10.4. The number of rotatable bonds is 8. The SMILES string of the molecule is CCN(CC)c1ccc(Nc2nc(C)cc(Nc3ccc(C(=O)O)cc3)n2)cc1. The van der Waals surface area contributed by atoms with E-state index >= 15 is 0 Å². The molecule has 1 aromatic heterocycles. The number of carboxylic acid groups (broad SMARTS) is 1. The molecule has 0 spiro atoms. The highest BCUT2D eigenvalue weighted by Gasteiger charge is 2.06. The zero-order valence-electron chi connectivity index (χ0n) is 16.8. The van der Waals surface area contributed by atoms with Crippen LogP contribution in [0.1, 0.15) is 29.9 Å². The molecule has 150 valence electrons. The minimum absolute atomic E-state index is 0.241. The number of carbonyl (C=O) groups is 1. The van der Waals surface area contributed by atoms with E-state index in [1.54, 1.807) is 24.3 Å². The number of carboxylic acids is 1. The van der Waals surface area contributed by atoms with Gasteiger partial charge in [0.25, 0.3) is 0 Å². The summed E-state index contributed by atoms with van der Waals surface area (Å²) in [6.45, 7) is 8.11. The fourth-order valence-corrected chi connectivity index (χ4v) is 3.01. The molecule has 7 heteroatoms. The summed E-state index contributed by atoms with van der Waals surface area (Å²) >= 11 is 0. The standard InChI is InChI=1S/C22H25N5O2/c1-4-27(5-2)19-12-10-18(11-13-19)25-22-23-15(3)14-20(26-22)24-17-8-6-16(7-9-17)21(28)29/h6-14H,4-5H2,1-3H3,(H,28,29)(H2,23,24,25,26).